The van der Waals surface area contributed by atoms with Crippen LogP contribution in [0.2, 0.25) is 5.02 Å². The maximum atomic E-state index is 6.23. The van der Waals surface area contributed by atoms with E-state index in [1.165, 1.54) is 32.1 Å². The molecule has 1 nitrogen and oxygen atoms in total. The Hall–Kier alpha value is 0.270. The molecule has 2 aliphatic rings. The van der Waals surface area contributed by atoms with Gasteiger partial charge >= 0.3 is 0 Å². The molecule has 19 heavy (non-hydrogen) atoms. The number of ether oxygens (including phenoxy) is 1. The zero-order valence-corrected chi connectivity index (χ0v) is 14.6. The largest absolute Gasteiger partial charge is 0.488 e. The third kappa shape index (κ3) is 2.58. The Morgan fingerprint density at radius 2 is 1.95 bits per heavy atom. The van der Waals surface area contributed by atoms with Gasteiger partial charge in [0, 0.05) is 14.7 Å². The van der Waals surface area contributed by atoms with Gasteiger partial charge in [-0.3, -0.25) is 0 Å². The first-order valence-corrected chi connectivity index (χ1v) is 8.96. The SMILES string of the molecule is Clc1ccc(Br)cc1OC1CC(Br)C12CCCCC2. The molecule has 0 amide bonds. The fourth-order valence-corrected chi connectivity index (χ4v) is 5.02. The lowest BCUT2D eigenvalue weighted by Crippen LogP contribution is -2.57. The van der Waals surface area contributed by atoms with Crippen molar-refractivity contribution in [1.29, 1.82) is 0 Å². The molecule has 0 radical (unpaired) electrons. The highest BCUT2D eigenvalue weighted by Gasteiger charge is 2.55. The van der Waals surface area contributed by atoms with Crippen LogP contribution in [0.15, 0.2) is 22.7 Å². The van der Waals surface area contributed by atoms with Crippen molar-refractivity contribution in [2.75, 3.05) is 0 Å². The van der Waals surface area contributed by atoms with E-state index in [0.717, 1.165) is 16.6 Å². The molecule has 2 aliphatic carbocycles. The lowest BCUT2D eigenvalue weighted by atomic mass is 9.58. The standard InChI is InChI=1S/C15H17Br2ClO/c16-10-4-5-11(18)12(8-10)19-14-9-13(17)15(14)6-2-1-3-7-15/h4-5,8,13-14H,1-3,6-7,9H2. The molecule has 0 bridgehead atoms. The van der Waals surface area contributed by atoms with Crippen LogP contribution in [0.1, 0.15) is 38.5 Å². The third-order valence-electron chi connectivity index (χ3n) is 4.63. The molecule has 3 rings (SSSR count). The van der Waals surface area contributed by atoms with E-state index in [4.69, 9.17) is 16.3 Å². The molecule has 1 aromatic carbocycles. The Bertz CT molecular complexity index is 471. The third-order valence-corrected chi connectivity index (χ3v) is 6.72. The molecule has 4 heteroatoms. The smallest absolute Gasteiger partial charge is 0.139 e. The molecule has 0 aliphatic heterocycles. The normalized spacial score (nSPS) is 29.0. The summed E-state index contributed by atoms with van der Waals surface area (Å²) in [6.45, 7) is 0. The molecule has 1 spiro atoms. The summed E-state index contributed by atoms with van der Waals surface area (Å²) >= 11 is 13.5. The van der Waals surface area contributed by atoms with Crippen molar-refractivity contribution in [1.82, 2.24) is 0 Å². The number of halogens is 3. The first-order chi connectivity index (χ1) is 9.12. The van der Waals surface area contributed by atoms with Gasteiger partial charge in [0.25, 0.3) is 0 Å². The summed E-state index contributed by atoms with van der Waals surface area (Å²) < 4.78 is 7.25. The molecule has 0 N–H and O–H groups in total. The maximum absolute atomic E-state index is 6.23. The van der Waals surface area contributed by atoms with Gasteiger partial charge < -0.3 is 4.74 Å². The van der Waals surface area contributed by atoms with Crippen LogP contribution in [0, 0.1) is 5.41 Å². The van der Waals surface area contributed by atoms with Gasteiger partial charge in [0.1, 0.15) is 11.9 Å². The highest BCUT2D eigenvalue weighted by Crippen LogP contribution is 2.56. The molecule has 2 saturated carbocycles. The van der Waals surface area contributed by atoms with E-state index in [9.17, 15) is 0 Å². The number of hydrogen-bond donors (Lipinski definition) is 0. The van der Waals surface area contributed by atoms with Crippen molar-refractivity contribution in [2.24, 2.45) is 5.41 Å². The van der Waals surface area contributed by atoms with Gasteiger partial charge in [0.2, 0.25) is 0 Å². The van der Waals surface area contributed by atoms with Crippen LogP contribution in [0.3, 0.4) is 0 Å². The van der Waals surface area contributed by atoms with Crippen molar-refractivity contribution in [3.8, 4) is 5.75 Å². The van der Waals surface area contributed by atoms with E-state index in [1.807, 2.05) is 18.2 Å². The highest BCUT2D eigenvalue weighted by molar-refractivity contribution is 9.10. The number of alkyl halides is 1. The van der Waals surface area contributed by atoms with Crippen molar-refractivity contribution >= 4 is 43.5 Å². The minimum atomic E-state index is 0.309. The van der Waals surface area contributed by atoms with Gasteiger partial charge in [0.05, 0.1) is 5.02 Å². The fourth-order valence-electron chi connectivity index (χ4n) is 3.43. The monoisotopic (exact) mass is 406 g/mol. The lowest BCUT2D eigenvalue weighted by molar-refractivity contribution is -0.0601. The Balaban J connectivity index is 1.78. The second-order valence-electron chi connectivity index (χ2n) is 5.68. The van der Waals surface area contributed by atoms with Crippen molar-refractivity contribution in [2.45, 2.75) is 49.5 Å². The van der Waals surface area contributed by atoms with Crippen molar-refractivity contribution in [3.05, 3.63) is 27.7 Å². The number of rotatable bonds is 2. The Morgan fingerprint density at radius 3 is 2.63 bits per heavy atom. The van der Waals surface area contributed by atoms with Crippen LogP contribution in [-0.4, -0.2) is 10.9 Å². The van der Waals surface area contributed by atoms with E-state index in [2.05, 4.69) is 31.9 Å². The van der Waals surface area contributed by atoms with E-state index in [-0.39, 0.29) is 0 Å². The zero-order chi connectivity index (χ0) is 13.5. The minimum absolute atomic E-state index is 0.309. The predicted octanol–water partition coefficient (Wildman–Crippen LogP) is 5.97. The van der Waals surface area contributed by atoms with Crippen molar-refractivity contribution in [3.63, 3.8) is 0 Å². The van der Waals surface area contributed by atoms with Gasteiger partial charge in [-0.05, 0) is 37.5 Å². The van der Waals surface area contributed by atoms with Crippen LogP contribution < -0.4 is 4.74 Å². The van der Waals surface area contributed by atoms with Gasteiger partial charge in [-0.2, -0.15) is 0 Å². The topological polar surface area (TPSA) is 9.23 Å². The summed E-state index contributed by atoms with van der Waals surface area (Å²) in [5.74, 6) is 0.811. The molecule has 104 valence electrons. The van der Waals surface area contributed by atoms with Crippen LogP contribution in [0.4, 0.5) is 0 Å². The second-order valence-corrected chi connectivity index (χ2v) is 8.11. The van der Waals surface area contributed by atoms with Gasteiger partial charge in [-0.15, -0.1) is 0 Å². The summed E-state index contributed by atoms with van der Waals surface area (Å²) in [4.78, 5) is 0.608. The number of hydrogen-bond acceptors (Lipinski definition) is 1. The zero-order valence-electron chi connectivity index (χ0n) is 10.7. The molecule has 0 heterocycles. The lowest BCUT2D eigenvalue weighted by Gasteiger charge is -2.55. The molecule has 1 aromatic rings. The molecule has 2 fully saturated rings. The van der Waals surface area contributed by atoms with Crippen molar-refractivity contribution < 1.29 is 4.74 Å². The summed E-state index contributed by atoms with van der Waals surface area (Å²) in [5, 5.41) is 0.701. The predicted molar refractivity (Wildman–Crippen MR) is 86.4 cm³/mol. The number of benzene rings is 1. The first kappa shape index (κ1) is 14.2. The molecular weight excluding hydrogens is 391 g/mol. The Labute approximate surface area is 136 Å². The van der Waals surface area contributed by atoms with Gasteiger partial charge in [-0.25, -0.2) is 0 Å². The average Bonchev–Trinajstić information content (AvgIpc) is 2.43. The van der Waals surface area contributed by atoms with Gasteiger partial charge in [-0.1, -0.05) is 62.7 Å². The first-order valence-electron chi connectivity index (χ1n) is 6.87. The van der Waals surface area contributed by atoms with E-state index >= 15 is 0 Å². The minimum Gasteiger partial charge on any atom is -0.488 e. The quantitative estimate of drug-likeness (QED) is 0.548. The fraction of sp³-hybridized carbons (Fsp3) is 0.600. The molecule has 2 unspecified atom stereocenters. The van der Waals surface area contributed by atoms with Crippen LogP contribution in [-0.2, 0) is 0 Å². The maximum Gasteiger partial charge on any atom is 0.139 e. The highest BCUT2D eigenvalue weighted by atomic mass is 79.9. The molecule has 0 aromatic heterocycles. The Morgan fingerprint density at radius 1 is 1.21 bits per heavy atom. The summed E-state index contributed by atoms with van der Waals surface area (Å²) in [6.07, 6.45) is 7.97. The van der Waals surface area contributed by atoms with E-state index in [0.29, 0.717) is 21.4 Å². The van der Waals surface area contributed by atoms with Crippen LogP contribution in [0.5, 0.6) is 5.75 Å². The Kier molecular flexibility index (Phi) is 4.17. The van der Waals surface area contributed by atoms with Crippen LogP contribution >= 0.6 is 43.5 Å². The van der Waals surface area contributed by atoms with Gasteiger partial charge in [0.15, 0.2) is 0 Å². The van der Waals surface area contributed by atoms with E-state index < -0.39 is 0 Å². The molecular formula is C15H17Br2ClO. The van der Waals surface area contributed by atoms with Crippen LogP contribution in [0.25, 0.3) is 0 Å². The summed E-state index contributed by atoms with van der Waals surface area (Å²) in [5.41, 5.74) is 0.337. The van der Waals surface area contributed by atoms with E-state index in [1.54, 1.807) is 0 Å². The average molecular weight is 409 g/mol. The molecule has 0 saturated heterocycles. The summed E-state index contributed by atoms with van der Waals surface area (Å²) in [6, 6.07) is 5.80. The summed E-state index contributed by atoms with van der Waals surface area (Å²) in [7, 11) is 0. The second kappa shape index (κ2) is 5.57. The molecule has 2 atom stereocenters.